The van der Waals surface area contributed by atoms with Gasteiger partial charge >= 0.3 is 0 Å². The van der Waals surface area contributed by atoms with Gasteiger partial charge in [0.25, 0.3) is 5.91 Å². The third kappa shape index (κ3) is 3.97. The number of halogens is 1. The Morgan fingerprint density at radius 1 is 1.11 bits per heavy atom. The normalized spacial score (nSPS) is 15.8. The molecule has 1 aromatic heterocycles. The average Bonchev–Trinajstić information content (AvgIpc) is 3.01. The molecule has 2 aromatic rings. The molecule has 0 spiro atoms. The van der Waals surface area contributed by atoms with E-state index in [1.165, 1.54) is 15.6 Å². The minimum atomic E-state index is -3.60. The molecule has 2 heterocycles. The summed E-state index contributed by atoms with van der Waals surface area (Å²) in [4.78, 5) is 15.3. The molecular formula is C19H24ClN3O3S2. The molecule has 1 aliphatic heterocycles. The van der Waals surface area contributed by atoms with Gasteiger partial charge in [-0.1, -0.05) is 29.3 Å². The lowest BCUT2D eigenvalue weighted by atomic mass is 10.1. The summed E-state index contributed by atoms with van der Waals surface area (Å²) in [5, 5.41) is 0. The van der Waals surface area contributed by atoms with Crippen molar-refractivity contribution >= 4 is 38.9 Å². The zero-order valence-electron chi connectivity index (χ0n) is 16.2. The maximum absolute atomic E-state index is 13.2. The van der Waals surface area contributed by atoms with E-state index in [1.807, 2.05) is 32.9 Å². The number of thiophene rings is 1. The second kappa shape index (κ2) is 8.12. The molecule has 1 aliphatic rings. The summed E-state index contributed by atoms with van der Waals surface area (Å²) in [5.41, 5.74) is 8.91. The lowest BCUT2D eigenvalue weighted by molar-refractivity contribution is 0.0702. The number of rotatable bonds is 4. The van der Waals surface area contributed by atoms with Gasteiger partial charge in [0, 0.05) is 32.7 Å². The smallest absolute Gasteiger partial charge is 0.264 e. The summed E-state index contributed by atoms with van der Waals surface area (Å²) in [6.07, 6.45) is 0. The van der Waals surface area contributed by atoms with Gasteiger partial charge in [-0.25, -0.2) is 8.42 Å². The summed E-state index contributed by atoms with van der Waals surface area (Å²) in [6.45, 7) is 7.10. The molecule has 1 amide bonds. The van der Waals surface area contributed by atoms with E-state index < -0.39 is 10.0 Å². The third-order valence-electron chi connectivity index (χ3n) is 4.92. The van der Waals surface area contributed by atoms with Crippen molar-refractivity contribution in [3.05, 3.63) is 49.7 Å². The molecule has 0 radical (unpaired) electrons. The Balaban J connectivity index is 1.75. The van der Waals surface area contributed by atoms with Crippen LogP contribution in [0, 0.1) is 20.8 Å². The molecule has 6 nitrogen and oxygen atoms in total. The number of hydrogen-bond acceptors (Lipinski definition) is 5. The van der Waals surface area contributed by atoms with Crippen LogP contribution in [0.2, 0.25) is 4.34 Å². The van der Waals surface area contributed by atoms with Crippen molar-refractivity contribution in [2.75, 3.05) is 26.2 Å². The first-order chi connectivity index (χ1) is 13.1. The molecule has 0 unspecified atom stereocenters. The lowest BCUT2D eigenvalue weighted by Crippen LogP contribution is -2.50. The Labute approximate surface area is 174 Å². The number of aryl methyl sites for hydroxylation is 3. The fourth-order valence-electron chi connectivity index (χ4n) is 3.64. The number of sulfonamides is 1. The van der Waals surface area contributed by atoms with Gasteiger partial charge < -0.3 is 10.6 Å². The Bertz CT molecular complexity index is 986. The lowest BCUT2D eigenvalue weighted by Gasteiger charge is -2.34. The Morgan fingerprint density at radius 3 is 2.18 bits per heavy atom. The first-order valence-electron chi connectivity index (χ1n) is 9.00. The third-order valence-corrected chi connectivity index (χ3v) is 8.55. The van der Waals surface area contributed by atoms with Crippen molar-refractivity contribution in [2.24, 2.45) is 5.73 Å². The number of nitrogens with two attached hydrogens (primary N) is 1. The van der Waals surface area contributed by atoms with Gasteiger partial charge in [0.15, 0.2) is 0 Å². The summed E-state index contributed by atoms with van der Waals surface area (Å²) in [7, 11) is -3.60. The molecule has 3 rings (SSSR count). The zero-order valence-corrected chi connectivity index (χ0v) is 18.5. The van der Waals surface area contributed by atoms with Crippen molar-refractivity contribution in [3.63, 3.8) is 0 Å². The highest BCUT2D eigenvalue weighted by atomic mass is 35.5. The summed E-state index contributed by atoms with van der Waals surface area (Å²) in [5.74, 6) is -0.133. The Hall–Kier alpha value is -1.45. The van der Waals surface area contributed by atoms with Gasteiger partial charge in [-0.2, -0.15) is 4.31 Å². The maximum atomic E-state index is 13.2. The number of amides is 1. The highest BCUT2D eigenvalue weighted by Crippen LogP contribution is 2.29. The summed E-state index contributed by atoms with van der Waals surface area (Å²) >= 11 is 7.31. The highest BCUT2D eigenvalue weighted by molar-refractivity contribution is 7.89. The van der Waals surface area contributed by atoms with Crippen LogP contribution >= 0.6 is 22.9 Å². The summed E-state index contributed by atoms with van der Waals surface area (Å²) in [6, 6.07) is 5.49. The molecule has 1 saturated heterocycles. The number of benzene rings is 1. The van der Waals surface area contributed by atoms with Crippen LogP contribution in [-0.4, -0.2) is 49.7 Å². The predicted molar refractivity (Wildman–Crippen MR) is 113 cm³/mol. The minimum absolute atomic E-state index is 0.133. The fraction of sp³-hybridized carbons (Fsp3) is 0.421. The van der Waals surface area contributed by atoms with Crippen LogP contribution in [0.5, 0.6) is 0 Å². The first-order valence-corrected chi connectivity index (χ1v) is 11.6. The number of hydrogen-bond donors (Lipinski definition) is 1. The molecule has 2 N–H and O–H groups in total. The van der Waals surface area contributed by atoms with Crippen LogP contribution < -0.4 is 5.73 Å². The minimum Gasteiger partial charge on any atom is -0.335 e. The first kappa shape index (κ1) is 21.3. The molecule has 9 heteroatoms. The van der Waals surface area contributed by atoms with E-state index >= 15 is 0 Å². The van der Waals surface area contributed by atoms with Crippen LogP contribution in [0.15, 0.2) is 23.1 Å². The quantitative estimate of drug-likeness (QED) is 0.790. The van der Waals surface area contributed by atoms with Crippen molar-refractivity contribution in [1.82, 2.24) is 9.21 Å². The van der Waals surface area contributed by atoms with E-state index in [0.717, 1.165) is 22.3 Å². The van der Waals surface area contributed by atoms with E-state index in [1.54, 1.807) is 11.0 Å². The molecule has 0 aliphatic carbocycles. The predicted octanol–water partition coefficient (Wildman–Crippen LogP) is 2.93. The van der Waals surface area contributed by atoms with Crippen LogP contribution in [0.3, 0.4) is 0 Å². The van der Waals surface area contributed by atoms with Crippen LogP contribution in [0.1, 0.15) is 31.9 Å². The van der Waals surface area contributed by atoms with Crippen LogP contribution in [0.25, 0.3) is 0 Å². The highest BCUT2D eigenvalue weighted by Gasteiger charge is 2.32. The van der Waals surface area contributed by atoms with Crippen molar-refractivity contribution in [1.29, 1.82) is 0 Å². The Kier molecular flexibility index (Phi) is 6.17. The van der Waals surface area contributed by atoms with E-state index in [-0.39, 0.29) is 25.5 Å². The van der Waals surface area contributed by atoms with E-state index in [2.05, 4.69) is 0 Å². The second-order valence-corrected chi connectivity index (χ2v) is 10.6. The number of piperazine rings is 1. The Morgan fingerprint density at radius 2 is 1.68 bits per heavy atom. The number of carbonyl (C=O) groups excluding carboxylic acids is 1. The van der Waals surface area contributed by atoms with E-state index in [0.29, 0.717) is 27.2 Å². The van der Waals surface area contributed by atoms with Gasteiger partial charge in [-0.3, -0.25) is 4.79 Å². The second-order valence-electron chi connectivity index (χ2n) is 7.04. The van der Waals surface area contributed by atoms with Crippen molar-refractivity contribution in [2.45, 2.75) is 32.2 Å². The zero-order chi connectivity index (χ0) is 20.6. The monoisotopic (exact) mass is 441 g/mol. The molecule has 0 bridgehead atoms. The average molecular weight is 442 g/mol. The SMILES string of the molecule is Cc1cc(C)c(S(=O)(=O)N2CCN(C(=O)c3cc(CN)c(Cl)s3)CC2)c(C)c1. The van der Waals surface area contributed by atoms with Crippen LogP contribution in [-0.2, 0) is 16.6 Å². The van der Waals surface area contributed by atoms with Crippen LogP contribution in [0.4, 0.5) is 0 Å². The topological polar surface area (TPSA) is 83.7 Å². The number of carbonyl (C=O) groups is 1. The van der Waals surface area contributed by atoms with Gasteiger partial charge in [0.05, 0.1) is 14.1 Å². The number of nitrogens with zero attached hydrogens (tertiary/aromatic N) is 2. The molecule has 1 fully saturated rings. The van der Waals surface area contributed by atoms with Gasteiger partial charge in [0.2, 0.25) is 10.0 Å². The molecule has 152 valence electrons. The maximum Gasteiger partial charge on any atom is 0.264 e. The van der Waals surface area contributed by atoms with Crippen molar-refractivity contribution < 1.29 is 13.2 Å². The van der Waals surface area contributed by atoms with Crippen molar-refractivity contribution in [3.8, 4) is 0 Å². The van der Waals surface area contributed by atoms with Gasteiger partial charge in [0.1, 0.15) is 0 Å². The molecule has 0 saturated carbocycles. The van der Waals surface area contributed by atoms with Gasteiger partial charge in [-0.05, 0) is 43.5 Å². The fourth-order valence-corrected chi connectivity index (χ4v) is 6.74. The van der Waals surface area contributed by atoms with E-state index in [9.17, 15) is 13.2 Å². The molecule has 1 aromatic carbocycles. The van der Waals surface area contributed by atoms with E-state index in [4.69, 9.17) is 17.3 Å². The molecule has 0 atom stereocenters. The largest absolute Gasteiger partial charge is 0.335 e. The molecule has 28 heavy (non-hydrogen) atoms. The molecular weight excluding hydrogens is 418 g/mol. The standard InChI is InChI=1S/C19H24ClN3O3S2/c1-12-8-13(2)17(14(3)9-12)28(25,26)23-6-4-22(5-7-23)19(24)16-10-15(11-21)18(20)27-16/h8-10H,4-7,11,21H2,1-3H3. The summed E-state index contributed by atoms with van der Waals surface area (Å²) < 4.78 is 28.3. The van der Waals surface area contributed by atoms with Gasteiger partial charge in [-0.15, -0.1) is 11.3 Å².